The third-order valence-electron chi connectivity index (χ3n) is 5.17. The molecule has 0 atom stereocenters. The van der Waals surface area contributed by atoms with Gasteiger partial charge in [0.05, 0.1) is 31.1 Å². The van der Waals surface area contributed by atoms with E-state index in [9.17, 15) is 4.79 Å². The van der Waals surface area contributed by atoms with Crippen molar-refractivity contribution in [3.63, 3.8) is 0 Å². The molecule has 0 amide bonds. The molecule has 0 saturated carbocycles. The smallest absolute Gasteiger partial charge is 0.480 e. The van der Waals surface area contributed by atoms with E-state index in [0.717, 1.165) is 5.56 Å². The lowest BCUT2D eigenvalue weighted by Gasteiger charge is -2.32. The number of hydrogen-bond donors (Lipinski definition) is 0. The third-order valence-corrected chi connectivity index (χ3v) is 5.17. The van der Waals surface area contributed by atoms with Crippen molar-refractivity contribution in [3.05, 3.63) is 42.0 Å². The molecule has 0 unspecified atom stereocenters. The zero-order valence-electron chi connectivity index (χ0n) is 16.5. The number of benzene rings is 1. The van der Waals surface area contributed by atoms with Gasteiger partial charge in [-0.15, -0.1) is 0 Å². The fourth-order valence-electron chi connectivity index (χ4n) is 2.90. The molecule has 7 heteroatoms. The first-order chi connectivity index (χ1) is 12.7. The Bertz CT molecular complexity index is 835. The van der Waals surface area contributed by atoms with Gasteiger partial charge >= 0.3 is 13.1 Å². The van der Waals surface area contributed by atoms with E-state index in [-0.39, 0.29) is 11.4 Å². The lowest BCUT2D eigenvalue weighted by Crippen LogP contribution is -2.41. The topological polar surface area (TPSA) is 66.9 Å². The molecule has 6 nitrogen and oxygen atoms in total. The van der Waals surface area contributed by atoms with Gasteiger partial charge in [-0.25, -0.2) is 9.78 Å². The Kier molecular flexibility index (Phi) is 5.01. The molecule has 1 saturated heterocycles. The van der Waals surface area contributed by atoms with E-state index in [0.29, 0.717) is 11.2 Å². The van der Waals surface area contributed by atoms with Gasteiger partial charge in [0.2, 0.25) is 5.88 Å². The molecule has 0 aliphatic carbocycles. The highest BCUT2D eigenvalue weighted by molar-refractivity contribution is 6.63. The van der Waals surface area contributed by atoms with Crippen molar-refractivity contribution in [2.75, 3.05) is 14.2 Å². The second-order valence-corrected chi connectivity index (χ2v) is 7.43. The third kappa shape index (κ3) is 3.45. The molecule has 1 fully saturated rings. The predicted octanol–water partition coefficient (Wildman–Crippen LogP) is 2.84. The van der Waals surface area contributed by atoms with Crippen molar-refractivity contribution in [2.24, 2.45) is 0 Å². The Morgan fingerprint density at radius 1 is 1.04 bits per heavy atom. The van der Waals surface area contributed by atoms with Gasteiger partial charge in [-0.3, -0.25) is 0 Å². The average Bonchev–Trinajstić information content (AvgIpc) is 2.88. The lowest BCUT2D eigenvalue weighted by molar-refractivity contribution is 0.00578. The minimum absolute atomic E-state index is 0.195. The highest BCUT2D eigenvalue weighted by Crippen LogP contribution is 2.37. The number of hydrogen-bond acceptors (Lipinski definition) is 6. The molecule has 1 aromatic carbocycles. The van der Waals surface area contributed by atoms with Crippen LogP contribution in [0.5, 0.6) is 5.88 Å². The molecule has 27 heavy (non-hydrogen) atoms. The van der Waals surface area contributed by atoms with Gasteiger partial charge in [0.15, 0.2) is 0 Å². The van der Waals surface area contributed by atoms with E-state index in [1.165, 1.54) is 14.2 Å². The molecule has 1 aliphatic heterocycles. The Morgan fingerprint density at radius 3 is 2.15 bits per heavy atom. The van der Waals surface area contributed by atoms with E-state index in [1.54, 1.807) is 6.07 Å². The first-order valence-electron chi connectivity index (χ1n) is 8.78. The van der Waals surface area contributed by atoms with Crippen LogP contribution in [-0.2, 0) is 14.0 Å². The van der Waals surface area contributed by atoms with Gasteiger partial charge in [-0.05, 0) is 39.3 Å². The van der Waals surface area contributed by atoms with Crippen LogP contribution in [0.2, 0.25) is 0 Å². The highest BCUT2D eigenvalue weighted by atomic mass is 16.7. The van der Waals surface area contributed by atoms with Gasteiger partial charge < -0.3 is 18.8 Å². The number of methoxy groups -OCH3 is 2. The lowest BCUT2D eigenvalue weighted by atomic mass is 9.75. The van der Waals surface area contributed by atoms with Crippen molar-refractivity contribution in [2.45, 2.75) is 38.9 Å². The Labute approximate surface area is 159 Å². The summed E-state index contributed by atoms with van der Waals surface area (Å²) in [5.41, 5.74) is 1.36. The zero-order valence-corrected chi connectivity index (χ0v) is 16.5. The number of nitrogens with zero attached hydrogens (tertiary/aromatic N) is 1. The maximum Gasteiger partial charge on any atom is 0.497 e. The first kappa shape index (κ1) is 19.4. The van der Waals surface area contributed by atoms with E-state index < -0.39 is 24.3 Å². The molecule has 142 valence electrons. The number of esters is 1. The summed E-state index contributed by atoms with van der Waals surface area (Å²) in [4.78, 5) is 16.8. The van der Waals surface area contributed by atoms with Crippen molar-refractivity contribution in [1.29, 1.82) is 0 Å². The standard InChI is InChI=1S/C20H24BNO5/c1-19(2)20(3,4)27-21(26-19)15-12-14(18(23)25-6)17(24-5)22-16(15)13-10-8-7-9-11-13/h7-12H,1-6H3. The van der Waals surface area contributed by atoms with E-state index >= 15 is 0 Å². The summed E-state index contributed by atoms with van der Waals surface area (Å²) in [6, 6.07) is 11.3. The number of rotatable bonds is 4. The zero-order chi connectivity index (χ0) is 19.8. The summed E-state index contributed by atoms with van der Waals surface area (Å²) in [6.07, 6.45) is 0. The fourth-order valence-corrected chi connectivity index (χ4v) is 2.90. The molecule has 2 aromatic rings. The van der Waals surface area contributed by atoms with Crippen LogP contribution < -0.4 is 10.2 Å². The molecule has 3 rings (SSSR count). The molecule has 0 N–H and O–H groups in total. The summed E-state index contributed by atoms with van der Waals surface area (Å²) in [7, 11) is 2.12. The molecule has 0 spiro atoms. The quantitative estimate of drug-likeness (QED) is 0.610. The monoisotopic (exact) mass is 369 g/mol. The van der Waals surface area contributed by atoms with Gasteiger partial charge in [-0.1, -0.05) is 30.3 Å². The van der Waals surface area contributed by atoms with Crippen LogP contribution >= 0.6 is 0 Å². The van der Waals surface area contributed by atoms with Crippen molar-refractivity contribution < 1.29 is 23.6 Å². The molecule has 0 bridgehead atoms. The highest BCUT2D eigenvalue weighted by Gasteiger charge is 2.52. The van der Waals surface area contributed by atoms with E-state index in [2.05, 4.69) is 4.98 Å². The van der Waals surface area contributed by atoms with E-state index in [1.807, 2.05) is 58.0 Å². The summed E-state index contributed by atoms with van der Waals surface area (Å²) in [6.45, 7) is 7.92. The van der Waals surface area contributed by atoms with Gasteiger partial charge in [0.25, 0.3) is 0 Å². The second-order valence-electron chi connectivity index (χ2n) is 7.43. The maximum atomic E-state index is 12.2. The predicted molar refractivity (Wildman–Crippen MR) is 103 cm³/mol. The van der Waals surface area contributed by atoms with Gasteiger partial charge in [0, 0.05) is 5.46 Å². The van der Waals surface area contributed by atoms with Gasteiger partial charge in [0.1, 0.15) is 5.56 Å². The Hall–Kier alpha value is -2.38. The van der Waals surface area contributed by atoms with Crippen LogP contribution in [0.15, 0.2) is 36.4 Å². The molecule has 1 aliphatic rings. The summed E-state index contributed by atoms with van der Waals surface area (Å²) in [5, 5.41) is 0. The molecule has 0 radical (unpaired) electrons. The maximum absolute atomic E-state index is 12.2. The number of carbonyl (C=O) groups is 1. The van der Waals surface area contributed by atoms with Crippen LogP contribution in [-0.4, -0.2) is 43.5 Å². The Balaban J connectivity index is 2.20. The number of pyridine rings is 1. The second kappa shape index (κ2) is 6.98. The fraction of sp³-hybridized carbons (Fsp3) is 0.400. The van der Waals surface area contributed by atoms with Crippen LogP contribution in [0.1, 0.15) is 38.1 Å². The largest absolute Gasteiger partial charge is 0.497 e. The van der Waals surface area contributed by atoms with Crippen molar-refractivity contribution in [1.82, 2.24) is 4.98 Å². The summed E-state index contributed by atoms with van der Waals surface area (Å²) >= 11 is 0. The van der Waals surface area contributed by atoms with Crippen LogP contribution in [0.4, 0.5) is 0 Å². The minimum Gasteiger partial charge on any atom is -0.480 e. The number of ether oxygens (including phenoxy) is 2. The molecular formula is C20H24BNO5. The summed E-state index contributed by atoms with van der Waals surface area (Å²) < 4.78 is 22.6. The molecular weight excluding hydrogens is 345 g/mol. The Morgan fingerprint density at radius 2 is 1.63 bits per heavy atom. The van der Waals surface area contributed by atoms with E-state index in [4.69, 9.17) is 18.8 Å². The average molecular weight is 369 g/mol. The van der Waals surface area contributed by atoms with Crippen LogP contribution in [0, 0.1) is 0 Å². The number of aromatic nitrogens is 1. The SMILES string of the molecule is COC(=O)c1cc(B2OC(C)(C)C(C)(C)O2)c(-c2ccccc2)nc1OC. The van der Waals surface area contributed by atoms with Crippen molar-refractivity contribution >= 4 is 18.6 Å². The van der Waals surface area contributed by atoms with Crippen molar-refractivity contribution in [3.8, 4) is 17.1 Å². The molecule has 1 aromatic heterocycles. The first-order valence-corrected chi connectivity index (χ1v) is 8.78. The van der Waals surface area contributed by atoms with Gasteiger partial charge in [-0.2, -0.15) is 0 Å². The van der Waals surface area contributed by atoms with Crippen LogP contribution in [0.3, 0.4) is 0 Å². The summed E-state index contributed by atoms with van der Waals surface area (Å²) in [5.74, 6) is -0.335. The number of carbonyl (C=O) groups excluding carboxylic acids is 1. The minimum atomic E-state index is -0.674. The molecule has 2 heterocycles. The normalized spacial score (nSPS) is 17.6. The van der Waals surface area contributed by atoms with Crippen LogP contribution in [0.25, 0.3) is 11.3 Å².